The van der Waals surface area contributed by atoms with Crippen LogP contribution in [0.5, 0.6) is 0 Å². The Morgan fingerprint density at radius 3 is 2.42 bits per heavy atom. The van der Waals surface area contributed by atoms with Crippen molar-refractivity contribution in [1.29, 1.82) is 0 Å². The van der Waals surface area contributed by atoms with Gasteiger partial charge in [0.05, 0.1) is 5.56 Å². The van der Waals surface area contributed by atoms with Crippen molar-refractivity contribution in [1.82, 2.24) is 15.2 Å². The number of hydrogen-bond acceptors (Lipinski definition) is 3. The van der Waals surface area contributed by atoms with E-state index < -0.39 is 23.3 Å². The molecule has 3 rings (SSSR count). The largest absolute Gasteiger partial charge is 0.434 e. The molecule has 1 N–H and O–H groups in total. The number of alkyl halides is 3. The summed E-state index contributed by atoms with van der Waals surface area (Å²) >= 11 is 0. The van der Waals surface area contributed by atoms with Gasteiger partial charge in [-0.1, -0.05) is 0 Å². The number of pyridine rings is 1. The molecule has 1 aromatic rings. The third-order valence-corrected chi connectivity index (χ3v) is 4.39. The highest BCUT2D eigenvalue weighted by Crippen LogP contribution is 2.32. The Bertz CT molecular complexity index is 636. The molecule has 0 radical (unpaired) electrons. The van der Waals surface area contributed by atoms with Gasteiger partial charge in [0.15, 0.2) is 5.69 Å². The van der Waals surface area contributed by atoms with Gasteiger partial charge in [0.1, 0.15) is 0 Å². The minimum absolute atomic E-state index is 0.154. The molecule has 0 atom stereocenters. The van der Waals surface area contributed by atoms with E-state index in [0.29, 0.717) is 25.9 Å². The molecule has 2 heterocycles. The number of nitrogens with zero attached hydrogens (tertiary/aromatic N) is 2. The van der Waals surface area contributed by atoms with Gasteiger partial charge in [-0.15, -0.1) is 0 Å². The van der Waals surface area contributed by atoms with Crippen LogP contribution >= 0.6 is 0 Å². The van der Waals surface area contributed by atoms with E-state index in [1.165, 1.54) is 6.07 Å². The molecule has 1 saturated carbocycles. The van der Waals surface area contributed by atoms with Gasteiger partial charge in [0.25, 0.3) is 5.91 Å². The Kier molecular flexibility index (Phi) is 4.47. The molecule has 0 aromatic carbocycles. The van der Waals surface area contributed by atoms with Crippen molar-refractivity contribution in [3.05, 3.63) is 29.6 Å². The monoisotopic (exact) mass is 341 g/mol. The summed E-state index contributed by atoms with van der Waals surface area (Å²) in [5.74, 6) is -0.463. The van der Waals surface area contributed by atoms with Gasteiger partial charge in [0, 0.05) is 31.2 Å². The third-order valence-electron chi connectivity index (χ3n) is 4.39. The highest BCUT2D eigenvalue weighted by atomic mass is 19.4. The van der Waals surface area contributed by atoms with E-state index in [1.807, 2.05) is 0 Å². The molecule has 1 aliphatic heterocycles. The quantitative estimate of drug-likeness (QED) is 0.917. The first-order valence-corrected chi connectivity index (χ1v) is 7.98. The normalized spacial score (nSPS) is 19.2. The van der Waals surface area contributed by atoms with Crippen molar-refractivity contribution in [3.63, 3.8) is 0 Å². The Balaban J connectivity index is 1.59. The van der Waals surface area contributed by atoms with E-state index >= 15 is 0 Å². The summed E-state index contributed by atoms with van der Waals surface area (Å²) in [6.07, 6.45) is -0.680. The molecule has 8 heteroatoms. The first kappa shape index (κ1) is 16.7. The van der Waals surface area contributed by atoms with Crippen LogP contribution in [-0.2, 0) is 11.0 Å². The number of hydrogen-bond donors (Lipinski definition) is 1. The number of carbonyl (C=O) groups excluding carboxylic acids is 2. The number of carbonyl (C=O) groups is 2. The van der Waals surface area contributed by atoms with Gasteiger partial charge in [-0.25, -0.2) is 0 Å². The zero-order chi connectivity index (χ0) is 17.3. The highest BCUT2D eigenvalue weighted by molar-refractivity contribution is 5.95. The summed E-state index contributed by atoms with van der Waals surface area (Å²) in [6.45, 7) is 1.05. The predicted octanol–water partition coefficient (Wildman–Crippen LogP) is 2.23. The molecule has 5 nitrogen and oxygen atoms in total. The van der Waals surface area contributed by atoms with Crippen molar-refractivity contribution in [2.75, 3.05) is 13.1 Å². The van der Waals surface area contributed by atoms with Crippen molar-refractivity contribution in [2.45, 2.75) is 37.9 Å². The van der Waals surface area contributed by atoms with E-state index in [4.69, 9.17) is 0 Å². The standard InChI is InChI=1S/C16H18F3N3O2/c17-16(18,19)13-12(2-1-7-20-13)14(23)21-11-5-8-22(9-6-11)15(24)10-3-4-10/h1-2,7,10-11H,3-6,8-9H2,(H,21,23). The van der Waals surface area contributed by atoms with E-state index in [-0.39, 0.29) is 17.9 Å². The predicted molar refractivity (Wildman–Crippen MR) is 79.0 cm³/mol. The van der Waals surface area contributed by atoms with Crippen LogP contribution in [0.4, 0.5) is 13.2 Å². The molecule has 24 heavy (non-hydrogen) atoms. The second-order valence-corrected chi connectivity index (χ2v) is 6.24. The van der Waals surface area contributed by atoms with Gasteiger partial charge in [0.2, 0.25) is 5.91 Å². The number of rotatable bonds is 3. The lowest BCUT2D eigenvalue weighted by Gasteiger charge is -2.32. The van der Waals surface area contributed by atoms with Crippen LogP contribution in [0.2, 0.25) is 0 Å². The Labute approximate surface area is 137 Å². The van der Waals surface area contributed by atoms with Gasteiger partial charge in [-0.3, -0.25) is 14.6 Å². The fourth-order valence-corrected chi connectivity index (χ4v) is 2.91. The fraction of sp³-hybridized carbons (Fsp3) is 0.562. The van der Waals surface area contributed by atoms with Crippen LogP contribution < -0.4 is 5.32 Å². The Hall–Kier alpha value is -2.12. The van der Waals surface area contributed by atoms with Crippen LogP contribution in [0, 0.1) is 5.92 Å². The summed E-state index contributed by atoms with van der Waals surface area (Å²) in [5, 5.41) is 2.64. The maximum atomic E-state index is 12.9. The Morgan fingerprint density at radius 2 is 1.83 bits per heavy atom. The summed E-state index contributed by atoms with van der Waals surface area (Å²) < 4.78 is 38.8. The van der Waals surface area contributed by atoms with E-state index in [1.54, 1.807) is 4.90 Å². The number of nitrogens with one attached hydrogen (secondary N) is 1. The maximum absolute atomic E-state index is 12.9. The van der Waals surface area contributed by atoms with Gasteiger partial charge in [-0.2, -0.15) is 13.2 Å². The molecule has 1 aromatic heterocycles. The SMILES string of the molecule is O=C(NC1CCN(C(=O)C2CC2)CC1)c1cccnc1C(F)(F)F. The van der Waals surface area contributed by atoms with Crippen molar-refractivity contribution in [2.24, 2.45) is 5.92 Å². The summed E-state index contributed by atoms with van der Waals surface area (Å²) in [6, 6.07) is 2.19. The molecule has 1 aliphatic carbocycles. The third kappa shape index (κ3) is 3.68. The van der Waals surface area contributed by atoms with Crippen LogP contribution in [-0.4, -0.2) is 40.8 Å². The second kappa shape index (κ2) is 6.41. The summed E-state index contributed by atoms with van der Waals surface area (Å²) in [4.78, 5) is 29.2. The molecule has 1 saturated heterocycles. The Morgan fingerprint density at radius 1 is 1.17 bits per heavy atom. The minimum Gasteiger partial charge on any atom is -0.349 e. The first-order valence-electron chi connectivity index (χ1n) is 7.98. The zero-order valence-corrected chi connectivity index (χ0v) is 13.0. The average molecular weight is 341 g/mol. The van der Waals surface area contributed by atoms with E-state index in [9.17, 15) is 22.8 Å². The maximum Gasteiger partial charge on any atom is 0.434 e. The summed E-state index contributed by atoms with van der Waals surface area (Å²) in [7, 11) is 0. The molecule has 2 aliphatic rings. The fourth-order valence-electron chi connectivity index (χ4n) is 2.91. The number of amides is 2. The lowest BCUT2D eigenvalue weighted by molar-refractivity contribution is -0.141. The van der Waals surface area contributed by atoms with Crippen LogP contribution in [0.3, 0.4) is 0 Å². The number of piperidine rings is 1. The second-order valence-electron chi connectivity index (χ2n) is 6.24. The molecule has 2 fully saturated rings. The smallest absolute Gasteiger partial charge is 0.349 e. The van der Waals surface area contributed by atoms with Crippen molar-refractivity contribution < 1.29 is 22.8 Å². The zero-order valence-electron chi connectivity index (χ0n) is 13.0. The topological polar surface area (TPSA) is 62.3 Å². The molecule has 2 amide bonds. The molecular weight excluding hydrogens is 323 g/mol. The lowest BCUT2D eigenvalue weighted by Crippen LogP contribution is -2.47. The first-order chi connectivity index (χ1) is 11.4. The molecular formula is C16H18F3N3O2. The number of aromatic nitrogens is 1. The van der Waals surface area contributed by atoms with Gasteiger partial charge < -0.3 is 10.2 Å². The lowest BCUT2D eigenvalue weighted by atomic mass is 10.0. The molecule has 0 spiro atoms. The van der Waals surface area contributed by atoms with Crippen molar-refractivity contribution in [3.8, 4) is 0 Å². The van der Waals surface area contributed by atoms with Crippen LogP contribution in [0.25, 0.3) is 0 Å². The van der Waals surface area contributed by atoms with E-state index in [2.05, 4.69) is 10.3 Å². The van der Waals surface area contributed by atoms with Crippen LogP contribution in [0.1, 0.15) is 41.7 Å². The molecule has 0 bridgehead atoms. The van der Waals surface area contributed by atoms with Gasteiger partial charge >= 0.3 is 6.18 Å². The molecule has 0 unspecified atom stereocenters. The van der Waals surface area contributed by atoms with Crippen molar-refractivity contribution >= 4 is 11.8 Å². The number of likely N-dealkylation sites (tertiary alicyclic amines) is 1. The minimum atomic E-state index is -4.67. The molecule has 130 valence electrons. The van der Waals surface area contributed by atoms with Gasteiger partial charge in [-0.05, 0) is 37.8 Å². The van der Waals surface area contributed by atoms with E-state index in [0.717, 1.165) is 25.1 Å². The van der Waals surface area contributed by atoms with Crippen LogP contribution in [0.15, 0.2) is 18.3 Å². The summed E-state index contributed by atoms with van der Waals surface area (Å²) in [5.41, 5.74) is -1.65. The number of halogens is 3. The highest BCUT2D eigenvalue weighted by Gasteiger charge is 2.38. The average Bonchev–Trinajstić information content (AvgIpc) is 3.39.